The van der Waals surface area contributed by atoms with Crippen LogP contribution in [-0.4, -0.2) is 35.4 Å². The summed E-state index contributed by atoms with van der Waals surface area (Å²) in [5.41, 5.74) is 1.52. The van der Waals surface area contributed by atoms with Gasteiger partial charge in [0, 0.05) is 7.05 Å². The monoisotopic (exact) mass is 285 g/mol. The summed E-state index contributed by atoms with van der Waals surface area (Å²) in [6, 6.07) is 4.94. The normalized spacial score (nSPS) is 12.7. The average Bonchev–Trinajstić information content (AvgIpc) is 2.99. The first-order chi connectivity index (χ1) is 10.0. The van der Waals surface area contributed by atoms with Crippen molar-refractivity contribution >= 4 is 17.0 Å². The molecule has 21 heavy (non-hydrogen) atoms. The molecule has 0 spiro atoms. The van der Waals surface area contributed by atoms with E-state index in [1.807, 2.05) is 36.1 Å². The molecular formula is C14H15N5O2. The third kappa shape index (κ3) is 1.97. The molecule has 0 aliphatic heterocycles. The van der Waals surface area contributed by atoms with Gasteiger partial charge in [0.25, 0.3) is 0 Å². The number of carboxylic acids is 1. The first-order valence-corrected chi connectivity index (χ1v) is 6.55. The van der Waals surface area contributed by atoms with Gasteiger partial charge in [0.2, 0.25) is 0 Å². The predicted octanol–water partition coefficient (Wildman–Crippen LogP) is 1.78. The molecule has 2 heterocycles. The van der Waals surface area contributed by atoms with E-state index in [1.54, 1.807) is 18.5 Å². The van der Waals surface area contributed by atoms with Gasteiger partial charge < -0.3 is 14.2 Å². The number of imidazole rings is 1. The summed E-state index contributed by atoms with van der Waals surface area (Å²) < 4.78 is 3.71. The van der Waals surface area contributed by atoms with Crippen LogP contribution < -0.4 is 0 Å². The van der Waals surface area contributed by atoms with E-state index in [4.69, 9.17) is 0 Å². The van der Waals surface area contributed by atoms with E-state index in [9.17, 15) is 9.90 Å². The number of hydrogen-bond acceptors (Lipinski definition) is 4. The fourth-order valence-corrected chi connectivity index (χ4v) is 2.70. The highest BCUT2D eigenvalue weighted by Gasteiger charge is 2.22. The number of aromatic nitrogens is 5. The number of para-hydroxylation sites is 1. The quantitative estimate of drug-likeness (QED) is 0.792. The number of nitrogens with zero attached hydrogens (tertiary/aromatic N) is 5. The molecule has 1 N–H and O–H groups in total. The van der Waals surface area contributed by atoms with Crippen LogP contribution in [0.3, 0.4) is 0 Å². The number of carbonyl (C=O) groups is 1. The second-order valence-electron chi connectivity index (χ2n) is 4.98. The average molecular weight is 285 g/mol. The second kappa shape index (κ2) is 4.69. The standard InChI is InChI=1S/C14H15N5O2/c1-8(13-17-15-7-18(13)3)19-9(2)16-11-6-4-5-10(12(11)19)14(20)21/h4-8H,1-3H3,(H,20,21). The van der Waals surface area contributed by atoms with Crippen molar-refractivity contribution in [2.45, 2.75) is 19.9 Å². The molecule has 7 nitrogen and oxygen atoms in total. The first-order valence-electron chi connectivity index (χ1n) is 6.55. The highest BCUT2D eigenvalue weighted by Crippen LogP contribution is 2.27. The summed E-state index contributed by atoms with van der Waals surface area (Å²) in [4.78, 5) is 15.9. The molecule has 0 fully saturated rings. The van der Waals surface area contributed by atoms with Crippen LogP contribution in [0.2, 0.25) is 0 Å². The molecule has 3 rings (SSSR count). The summed E-state index contributed by atoms with van der Waals surface area (Å²) in [6.45, 7) is 3.81. The van der Waals surface area contributed by atoms with Gasteiger partial charge in [0.05, 0.1) is 22.6 Å². The fourth-order valence-electron chi connectivity index (χ4n) is 2.70. The Bertz CT molecular complexity index is 833. The molecule has 0 radical (unpaired) electrons. The van der Waals surface area contributed by atoms with Crippen molar-refractivity contribution in [3.63, 3.8) is 0 Å². The van der Waals surface area contributed by atoms with Gasteiger partial charge in [-0.2, -0.15) is 0 Å². The Labute approximate surface area is 120 Å². The third-order valence-electron chi connectivity index (χ3n) is 3.62. The van der Waals surface area contributed by atoms with Gasteiger partial charge >= 0.3 is 5.97 Å². The lowest BCUT2D eigenvalue weighted by molar-refractivity contribution is 0.0698. The molecule has 0 aliphatic carbocycles. The third-order valence-corrected chi connectivity index (χ3v) is 3.62. The molecule has 1 atom stereocenters. The van der Waals surface area contributed by atoms with Crippen molar-refractivity contribution < 1.29 is 9.90 Å². The molecule has 7 heteroatoms. The number of carboxylic acid groups (broad SMARTS) is 1. The lowest BCUT2D eigenvalue weighted by Gasteiger charge is -2.16. The van der Waals surface area contributed by atoms with E-state index >= 15 is 0 Å². The van der Waals surface area contributed by atoms with Gasteiger partial charge in [-0.3, -0.25) is 0 Å². The molecule has 1 unspecified atom stereocenters. The minimum atomic E-state index is -0.966. The number of rotatable bonds is 3. The topological polar surface area (TPSA) is 85.8 Å². The molecule has 0 bridgehead atoms. The first kappa shape index (κ1) is 13.3. The van der Waals surface area contributed by atoms with Crippen molar-refractivity contribution in [1.82, 2.24) is 24.3 Å². The Morgan fingerprint density at radius 2 is 2.14 bits per heavy atom. The zero-order valence-electron chi connectivity index (χ0n) is 12.0. The highest BCUT2D eigenvalue weighted by molar-refractivity contribution is 6.01. The minimum absolute atomic E-state index is 0.164. The van der Waals surface area contributed by atoms with Crippen LogP contribution >= 0.6 is 0 Å². The van der Waals surface area contributed by atoms with Crippen molar-refractivity contribution in [3.8, 4) is 0 Å². The summed E-state index contributed by atoms with van der Waals surface area (Å²) in [6.07, 6.45) is 1.62. The summed E-state index contributed by atoms with van der Waals surface area (Å²) in [5, 5.41) is 17.4. The van der Waals surface area contributed by atoms with Crippen molar-refractivity contribution in [2.24, 2.45) is 7.05 Å². The molecule has 0 amide bonds. The maximum Gasteiger partial charge on any atom is 0.337 e. The van der Waals surface area contributed by atoms with Gasteiger partial charge in [-0.25, -0.2) is 9.78 Å². The summed E-state index contributed by atoms with van der Waals surface area (Å²) in [5.74, 6) is 0.527. The Morgan fingerprint density at radius 3 is 2.76 bits per heavy atom. The van der Waals surface area contributed by atoms with Crippen molar-refractivity contribution in [1.29, 1.82) is 0 Å². The van der Waals surface area contributed by atoms with Gasteiger partial charge in [-0.05, 0) is 26.0 Å². The van der Waals surface area contributed by atoms with Crippen molar-refractivity contribution in [2.75, 3.05) is 0 Å². The Kier molecular flexibility index (Phi) is 2.97. The van der Waals surface area contributed by atoms with Crippen LogP contribution in [-0.2, 0) is 7.05 Å². The lowest BCUT2D eigenvalue weighted by Crippen LogP contribution is -2.14. The van der Waals surface area contributed by atoms with Crippen LogP contribution in [0.1, 0.15) is 35.0 Å². The van der Waals surface area contributed by atoms with E-state index in [2.05, 4.69) is 15.2 Å². The molecular weight excluding hydrogens is 270 g/mol. The van der Waals surface area contributed by atoms with Crippen LogP contribution in [0.4, 0.5) is 0 Å². The largest absolute Gasteiger partial charge is 0.478 e. The Morgan fingerprint density at radius 1 is 1.38 bits per heavy atom. The Balaban J connectivity index is 2.29. The van der Waals surface area contributed by atoms with E-state index < -0.39 is 5.97 Å². The maximum atomic E-state index is 11.5. The SMILES string of the molecule is Cc1nc2cccc(C(=O)O)c2n1C(C)c1nncn1C. The van der Waals surface area contributed by atoms with Gasteiger partial charge in [0.15, 0.2) is 5.82 Å². The van der Waals surface area contributed by atoms with Crippen LogP contribution in [0, 0.1) is 6.92 Å². The van der Waals surface area contributed by atoms with Gasteiger partial charge in [-0.15, -0.1) is 10.2 Å². The molecule has 1 aromatic carbocycles. The van der Waals surface area contributed by atoms with E-state index in [-0.39, 0.29) is 11.6 Å². The van der Waals surface area contributed by atoms with E-state index in [0.29, 0.717) is 11.0 Å². The minimum Gasteiger partial charge on any atom is -0.478 e. The maximum absolute atomic E-state index is 11.5. The molecule has 0 aliphatic rings. The smallest absolute Gasteiger partial charge is 0.337 e. The predicted molar refractivity (Wildman–Crippen MR) is 76.2 cm³/mol. The number of aromatic carboxylic acids is 1. The Hall–Kier alpha value is -2.70. The van der Waals surface area contributed by atoms with E-state index in [1.165, 1.54) is 0 Å². The number of hydrogen-bond donors (Lipinski definition) is 1. The zero-order valence-corrected chi connectivity index (χ0v) is 12.0. The summed E-state index contributed by atoms with van der Waals surface area (Å²) >= 11 is 0. The number of benzene rings is 1. The molecule has 0 saturated heterocycles. The van der Waals surface area contributed by atoms with Crippen molar-refractivity contribution in [3.05, 3.63) is 41.7 Å². The van der Waals surface area contributed by atoms with Crippen LogP contribution in [0.15, 0.2) is 24.5 Å². The van der Waals surface area contributed by atoms with Crippen LogP contribution in [0.5, 0.6) is 0 Å². The number of aryl methyl sites for hydroxylation is 2. The van der Waals surface area contributed by atoms with E-state index in [0.717, 1.165) is 11.6 Å². The molecule has 2 aromatic heterocycles. The summed E-state index contributed by atoms with van der Waals surface area (Å²) in [7, 11) is 1.86. The number of fused-ring (bicyclic) bond motifs is 1. The second-order valence-corrected chi connectivity index (χ2v) is 4.98. The van der Waals surface area contributed by atoms with Crippen LogP contribution in [0.25, 0.3) is 11.0 Å². The van der Waals surface area contributed by atoms with Gasteiger partial charge in [0.1, 0.15) is 12.2 Å². The lowest BCUT2D eigenvalue weighted by atomic mass is 10.1. The fraction of sp³-hybridized carbons (Fsp3) is 0.286. The molecule has 108 valence electrons. The molecule has 0 saturated carbocycles. The molecule has 3 aromatic rings. The zero-order chi connectivity index (χ0) is 15.1. The highest BCUT2D eigenvalue weighted by atomic mass is 16.4. The van der Waals surface area contributed by atoms with Gasteiger partial charge in [-0.1, -0.05) is 6.07 Å².